The highest BCUT2D eigenvalue weighted by Gasteiger charge is 2.31. The Labute approximate surface area is 108 Å². The molecule has 3 rings (SSSR count). The summed E-state index contributed by atoms with van der Waals surface area (Å²) in [6, 6.07) is 2.66. The quantitative estimate of drug-likeness (QED) is 0.765. The molecule has 2 aliphatic heterocycles. The third-order valence-corrected chi connectivity index (χ3v) is 3.91. The molecule has 18 heavy (non-hydrogen) atoms. The highest BCUT2D eigenvalue weighted by atomic mass is 16.5. The van der Waals surface area contributed by atoms with E-state index >= 15 is 0 Å². The molecule has 0 saturated carbocycles. The number of rotatable bonds is 5. The third kappa shape index (κ3) is 2.91. The molecule has 0 spiro atoms. The summed E-state index contributed by atoms with van der Waals surface area (Å²) in [6.45, 7) is 6.10. The highest BCUT2D eigenvalue weighted by Crippen LogP contribution is 2.22. The number of ether oxygens (including phenoxy) is 1. The molecule has 0 bridgehead atoms. The van der Waals surface area contributed by atoms with Crippen LogP contribution in [-0.4, -0.2) is 59.6 Å². The van der Waals surface area contributed by atoms with Crippen LogP contribution in [0.4, 0.5) is 0 Å². The number of nitrogens with one attached hydrogen (secondary N) is 1. The molecule has 3 heterocycles. The van der Waals surface area contributed by atoms with E-state index in [0.29, 0.717) is 12.1 Å². The highest BCUT2D eigenvalue weighted by molar-refractivity contribution is 4.85. The zero-order valence-electron chi connectivity index (χ0n) is 10.8. The third-order valence-electron chi connectivity index (χ3n) is 3.91. The van der Waals surface area contributed by atoms with E-state index in [2.05, 4.69) is 15.3 Å². The molecule has 2 unspecified atom stereocenters. The summed E-state index contributed by atoms with van der Waals surface area (Å²) < 4.78 is 7.85. The van der Waals surface area contributed by atoms with Crippen molar-refractivity contribution < 1.29 is 4.74 Å². The van der Waals surface area contributed by atoms with Crippen LogP contribution in [0.5, 0.6) is 0 Å². The molecule has 0 radical (unpaired) electrons. The summed E-state index contributed by atoms with van der Waals surface area (Å²) in [6.07, 6.45) is 6.83. The van der Waals surface area contributed by atoms with Gasteiger partial charge in [-0.1, -0.05) is 0 Å². The average Bonchev–Trinajstić information content (AvgIpc) is 3.05. The van der Waals surface area contributed by atoms with Gasteiger partial charge >= 0.3 is 0 Å². The predicted octanol–water partition coefficient (Wildman–Crippen LogP) is 0.336. The van der Waals surface area contributed by atoms with Crippen molar-refractivity contribution in [3.8, 4) is 0 Å². The van der Waals surface area contributed by atoms with Gasteiger partial charge in [0.1, 0.15) is 0 Å². The minimum absolute atomic E-state index is 0.358. The van der Waals surface area contributed by atoms with E-state index in [-0.39, 0.29) is 0 Å². The molecule has 2 fully saturated rings. The minimum Gasteiger partial charge on any atom is -0.374 e. The van der Waals surface area contributed by atoms with Crippen molar-refractivity contribution >= 4 is 0 Å². The minimum atomic E-state index is 0.358. The first-order chi connectivity index (χ1) is 8.92. The van der Waals surface area contributed by atoms with Gasteiger partial charge in [-0.2, -0.15) is 5.10 Å². The van der Waals surface area contributed by atoms with E-state index < -0.39 is 0 Å². The van der Waals surface area contributed by atoms with Crippen molar-refractivity contribution in [2.24, 2.45) is 0 Å². The molecule has 5 nitrogen and oxygen atoms in total. The average molecular weight is 250 g/mol. The van der Waals surface area contributed by atoms with E-state index in [1.165, 1.54) is 19.4 Å². The van der Waals surface area contributed by atoms with E-state index in [4.69, 9.17) is 4.74 Å². The van der Waals surface area contributed by atoms with Crippen molar-refractivity contribution in [2.45, 2.75) is 31.5 Å². The maximum absolute atomic E-state index is 5.90. The molecule has 1 aromatic heterocycles. The Bertz CT molecular complexity index is 354. The Hall–Kier alpha value is -0.910. The monoisotopic (exact) mass is 250 g/mol. The van der Waals surface area contributed by atoms with Gasteiger partial charge in [0.15, 0.2) is 0 Å². The van der Waals surface area contributed by atoms with Gasteiger partial charge in [0, 0.05) is 38.1 Å². The Morgan fingerprint density at radius 1 is 1.44 bits per heavy atom. The van der Waals surface area contributed by atoms with Gasteiger partial charge < -0.3 is 10.1 Å². The molecule has 0 aromatic carbocycles. The fourth-order valence-corrected chi connectivity index (χ4v) is 2.90. The van der Waals surface area contributed by atoms with Crippen molar-refractivity contribution in [1.29, 1.82) is 0 Å². The predicted molar refractivity (Wildman–Crippen MR) is 69.4 cm³/mol. The van der Waals surface area contributed by atoms with Gasteiger partial charge in [0.25, 0.3) is 0 Å². The van der Waals surface area contributed by atoms with Crippen molar-refractivity contribution in [3.63, 3.8) is 0 Å². The van der Waals surface area contributed by atoms with E-state index in [1.54, 1.807) is 0 Å². The number of hydrogen-bond donors (Lipinski definition) is 1. The van der Waals surface area contributed by atoms with Crippen LogP contribution in [0.15, 0.2) is 18.5 Å². The Balaban J connectivity index is 1.34. The van der Waals surface area contributed by atoms with Crippen LogP contribution < -0.4 is 5.32 Å². The summed E-state index contributed by atoms with van der Waals surface area (Å²) in [4.78, 5) is 2.59. The van der Waals surface area contributed by atoms with E-state index in [0.717, 1.165) is 32.8 Å². The Kier molecular flexibility index (Phi) is 3.93. The summed E-state index contributed by atoms with van der Waals surface area (Å²) in [5, 5.41) is 7.64. The lowest BCUT2D eigenvalue weighted by atomic mass is 10.2. The summed E-state index contributed by atoms with van der Waals surface area (Å²) >= 11 is 0. The topological polar surface area (TPSA) is 42.3 Å². The van der Waals surface area contributed by atoms with Crippen LogP contribution in [0.2, 0.25) is 0 Å². The molecular weight excluding hydrogens is 228 g/mol. The number of hydrogen-bond acceptors (Lipinski definition) is 4. The molecule has 2 atom stereocenters. The van der Waals surface area contributed by atoms with Crippen LogP contribution in [0.25, 0.3) is 0 Å². The van der Waals surface area contributed by atoms with Crippen molar-refractivity contribution in [3.05, 3.63) is 18.5 Å². The Morgan fingerprint density at radius 2 is 2.44 bits per heavy atom. The largest absolute Gasteiger partial charge is 0.374 e. The first kappa shape index (κ1) is 12.1. The smallest absolute Gasteiger partial charge is 0.0827 e. The van der Waals surface area contributed by atoms with Gasteiger partial charge in [0.05, 0.1) is 19.3 Å². The van der Waals surface area contributed by atoms with Crippen LogP contribution in [-0.2, 0) is 11.3 Å². The summed E-state index contributed by atoms with van der Waals surface area (Å²) in [5.41, 5.74) is 0. The number of fused-ring (bicyclic) bond motifs is 1. The maximum atomic E-state index is 5.90. The molecule has 2 aliphatic rings. The van der Waals surface area contributed by atoms with Gasteiger partial charge in [0.2, 0.25) is 0 Å². The SMILES string of the molecule is c1cnn(CCNCC2CN3CCCC3CO2)c1. The zero-order chi connectivity index (χ0) is 12.2. The second-order valence-corrected chi connectivity index (χ2v) is 5.22. The summed E-state index contributed by atoms with van der Waals surface area (Å²) in [5.74, 6) is 0. The zero-order valence-corrected chi connectivity index (χ0v) is 10.8. The van der Waals surface area contributed by atoms with Crippen LogP contribution >= 0.6 is 0 Å². The lowest BCUT2D eigenvalue weighted by Crippen LogP contribution is -2.49. The van der Waals surface area contributed by atoms with Gasteiger partial charge in [-0.25, -0.2) is 0 Å². The lowest BCUT2D eigenvalue weighted by molar-refractivity contribution is -0.0469. The second kappa shape index (κ2) is 5.82. The second-order valence-electron chi connectivity index (χ2n) is 5.22. The molecule has 2 saturated heterocycles. The molecule has 0 aliphatic carbocycles. The first-order valence-corrected chi connectivity index (χ1v) is 6.95. The van der Waals surface area contributed by atoms with Crippen molar-refractivity contribution in [1.82, 2.24) is 20.0 Å². The van der Waals surface area contributed by atoms with Gasteiger partial charge in [-0.3, -0.25) is 9.58 Å². The molecule has 1 aromatic rings. The maximum Gasteiger partial charge on any atom is 0.0827 e. The lowest BCUT2D eigenvalue weighted by Gasteiger charge is -2.35. The fourth-order valence-electron chi connectivity index (χ4n) is 2.90. The van der Waals surface area contributed by atoms with E-state index in [1.807, 2.05) is 23.1 Å². The van der Waals surface area contributed by atoms with Crippen LogP contribution in [0.1, 0.15) is 12.8 Å². The standard InChI is InChI=1S/C13H22N4O/c1-3-12-11-18-13(10-16(12)6-1)9-14-5-8-17-7-2-4-15-17/h2,4,7,12-14H,1,3,5-6,8-11H2. The van der Waals surface area contributed by atoms with Crippen LogP contribution in [0, 0.1) is 0 Å². The van der Waals surface area contributed by atoms with Gasteiger partial charge in [-0.15, -0.1) is 0 Å². The summed E-state index contributed by atoms with van der Waals surface area (Å²) in [7, 11) is 0. The Morgan fingerprint density at radius 3 is 3.33 bits per heavy atom. The molecular formula is C13H22N4O. The first-order valence-electron chi connectivity index (χ1n) is 6.95. The van der Waals surface area contributed by atoms with Crippen LogP contribution in [0.3, 0.4) is 0 Å². The van der Waals surface area contributed by atoms with Crippen molar-refractivity contribution in [2.75, 3.05) is 32.8 Å². The molecule has 1 N–H and O–H groups in total. The normalized spacial score (nSPS) is 28.4. The number of morpholine rings is 1. The molecule has 100 valence electrons. The number of aromatic nitrogens is 2. The molecule has 0 amide bonds. The van der Waals surface area contributed by atoms with Gasteiger partial charge in [-0.05, 0) is 25.5 Å². The molecule has 5 heteroatoms. The van der Waals surface area contributed by atoms with E-state index in [9.17, 15) is 0 Å². The fraction of sp³-hybridized carbons (Fsp3) is 0.769. The number of nitrogens with zero attached hydrogens (tertiary/aromatic N) is 3.